The molecule has 1 atom stereocenters. The summed E-state index contributed by atoms with van der Waals surface area (Å²) in [5.74, 6) is 0.0369. The Labute approximate surface area is 136 Å². The fourth-order valence-corrected chi connectivity index (χ4v) is 5.34. The summed E-state index contributed by atoms with van der Waals surface area (Å²) < 4.78 is 36.2. The molecule has 0 saturated carbocycles. The van der Waals surface area contributed by atoms with E-state index in [2.05, 4.69) is 0 Å². The van der Waals surface area contributed by atoms with Gasteiger partial charge in [-0.2, -0.15) is 0 Å². The Kier molecular flexibility index (Phi) is 4.71. The summed E-state index contributed by atoms with van der Waals surface area (Å²) in [4.78, 5) is 14.2. The van der Waals surface area contributed by atoms with Gasteiger partial charge in [-0.15, -0.1) is 0 Å². The Hall–Kier alpha value is -1.43. The highest BCUT2D eigenvalue weighted by molar-refractivity contribution is 7.91. The molecule has 2 saturated heterocycles. The summed E-state index contributed by atoms with van der Waals surface area (Å²) >= 11 is 0. The summed E-state index contributed by atoms with van der Waals surface area (Å²) in [7, 11) is -3.02. The molecule has 1 aromatic rings. The maximum Gasteiger partial charge on any atom is 0.226 e. The van der Waals surface area contributed by atoms with Crippen molar-refractivity contribution in [2.24, 2.45) is 11.8 Å². The van der Waals surface area contributed by atoms with Crippen LogP contribution in [0.3, 0.4) is 0 Å². The Bertz CT molecular complexity index is 681. The van der Waals surface area contributed by atoms with E-state index >= 15 is 0 Å². The largest absolute Gasteiger partial charge is 0.342 e. The van der Waals surface area contributed by atoms with Gasteiger partial charge in [-0.1, -0.05) is 12.1 Å². The van der Waals surface area contributed by atoms with E-state index in [1.165, 1.54) is 6.07 Å². The number of halogens is 1. The first-order valence-corrected chi connectivity index (χ1v) is 9.99. The molecule has 23 heavy (non-hydrogen) atoms. The van der Waals surface area contributed by atoms with Gasteiger partial charge < -0.3 is 4.90 Å². The highest BCUT2D eigenvalue weighted by Crippen LogP contribution is 2.26. The van der Waals surface area contributed by atoms with Crippen LogP contribution >= 0.6 is 0 Å². The standard InChI is InChI=1S/C17H22FNO3S/c18-16-3-1-2-14(11-16)10-13-4-7-19(8-5-13)17(20)15-6-9-23(21,22)12-15/h1-3,11,13,15H,4-10,12H2. The predicted octanol–water partition coefficient (Wildman–Crippen LogP) is 2.04. The smallest absolute Gasteiger partial charge is 0.226 e. The van der Waals surface area contributed by atoms with E-state index in [0.29, 0.717) is 25.4 Å². The van der Waals surface area contributed by atoms with Gasteiger partial charge in [-0.3, -0.25) is 4.79 Å². The topological polar surface area (TPSA) is 54.5 Å². The summed E-state index contributed by atoms with van der Waals surface area (Å²) in [5, 5.41) is 0. The highest BCUT2D eigenvalue weighted by atomic mass is 32.2. The summed E-state index contributed by atoms with van der Waals surface area (Å²) in [6.07, 6.45) is 3.07. The number of hydrogen-bond acceptors (Lipinski definition) is 3. The molecule has 3 rings (SSSR count). The van der Waals surface area contributed by atoms with Crippen molar-refractivity contribution in [3.63, 3.8) is 0 Å². The van der Waals surface area contributed by atoms with E-state index in [0.717, 1.165) is 24.8 Å². The molecule has 0 aromatic heterocycles. The maximum absolute atomic E-state index is 13.2. The van der Waals surface area contributed by atoms with Crippen molar-refractivity contribution in [3.05, 3.63) is 35.6 Å². The summed E-state index contributed by atoms with van der Waals surface area (Å²) in [6, 6.07) is 6.68. The van der Waals surface area contributed by atoms with E-state index in [1.54, 1.807) is 12.1 Å². The van der Waals surface area contributed by atoms with Crippen molar-refractivity contribution < 1.29 is 17.6 Å². The molecule has 0 N–H and O–H groups in total. The van der Waals surface area contributed by atoms with Crippen LogP contribution in [0, 0.1) is 17.7 Å². The number of piperidine rings is 1. The minimum atomic E-state index is -3.02. The third-order valence-corrected chi connectivity index (χ3v) is 6.69. The van der Waals surface area contributed by atoms with Gasteiger partial charge in [-0.05, 0) is 49.3 Å². The maximum atomic E-state index is 13.2. The van der Waals surface area contributed by atoms with Crippen molar-refractivity contribution in [3.8, 4) is 0 Å². The van der Waals surface area contributed by atoms with E-state index < -0.39 is 9.84 Å². The van der Waals surface area contributed by atoms with E-state index in [-0.39, 0.29) is 29.1 Å². The molecule has 126 valence electrons. The monoisotopic (exact) mass is 339 g/mol. The molecule has 2 heterocycles. The number of nitrogens with zero attached hydrogens (tertiary/aromatic N) is 1. The molecular weight excluding hydrogens is 317 g/mol. The van der Waals surface area contributed by atoms with Crippen LogP contribution in [0.5, 0.6) is 0 Å². The lowest BCUT2D eigenvalue weighted by Crippen LogP contribution is -2.42. The van der Waals surface area contributed by atoms with Gasteiger partial charge in [0.2, 0.25) is 5.91 Å². The Morgan fingerprint density at radius 3 is 2.57 bits per heavy atom. The molecule has 2 fully saturated rings. The first-order chi connectivity index (χ1) is 10.9. The molecule has 1 unspecified atom stereocenters. The fraction of sp³-hybridized carbons (Fsp3) is 0.588. The molecule has 0 bridgehead atoms. The van der Waals surface area contributed by atoms with Gasteiger partial charge in [0.25, 0.3) is 0 Å². The van der Waals surface area contributed by atoms with Gasteiger partial charge in [0, 0.05) is 13.1 Å². The number of hydrogen-bond donors (Lipinski definition) is 0. The van der Waals surface area contributed by atoms with E-state index in [4.69, 9.17) is 0 Å². The zero-order valence-electron chi connectivity index (χ0n) is 13.1. The van der Waals surface area contributed by atoms with E-state index in [1.807, 2.05) is 11.0 Å². The second-order valence-corrected chi connectivity index (χ2v) is 8.93. The van der Waals surface area contributed by atoms with Crippen molar-refractivity contribution in [2.75, 3.05) is 24.6 Å². The van der Waals surface area contributed by atoms with Crippen molar-refractivity contribution in [1.29, 1.82) is 0 Å². The van der Waals surface area contributed by atoms with Crippen LogP contribution in [0.15, 0.2) is 24.3 Å². The normalized spacial score (nSPS) is 24.7. The molecule has 0 aliphatic carbocycles. The van der Waals surface area contributed by atoms with Crippen LogP contribution in [0.4, 0.5) is 4.39 Å². The van der Waals surface area contributed by atoms with Gasteiger partial charge >= 0.3 is 0 Å². The first kappa shape index (κ1) is 16.4. The first-order valence-electron chi connectivity index (χ1n) is 8.16. The molecule has 1 amide bonds. The number of carbonyl (C=O) groups excluding carboxylic acids is 1. The van der Waals surface area contributed by atoms with Gasteiger partial charge in [-0.25, -0.2) is 12.8 Å². The van der Waals surface area contributed by atoms with Crippen LogP contribution in [0.2, 0.25) is 0 Å². The number of carbonyl (C=O) groups is 1. The number of benzene rings is 1. The number of sulfone groups is 1. The minimum absolute atomic E-state index is 0.00437. The number of amides is 1. The summed E-state index contributed by atoms with van der Waals surface area (Å²) in [6.45, 7) is 1.35. The predicted molar refractivity (Wildman–Crippen MR) is 86.2 cm³/mol. The lowest BCUT2D eigenvalue weighted by atomic mass is 9.89. The zero-order valence-corrected chi connectivity index (χ0v) is 13.9. The number of rotatable bonds is 3. The number of likely N-dealkylation sites (tertiary alicyclic amines) is 1. The Morgan fingerprint density at radius 2 is 1.96 bits per heavy atom. The Morgan fingerprint density at radius 1 is 1.22 bits per heavy atom. The fourth-order valence-electron chi connectivity index (χ4n) is 3.60. The second kappa shape index (κ2) is 6.59. The third kappa shape index (κ3) is 4.10. The lowest BCUT2D eigenvalue weighted by Gasteiger charge is -2.33. The lowest BCUT2D eigenvalue weighted by molar-refractivity contribution is -0.136. The van der Waals surface area contributed by atoms with Gasteiger partial charge in [0.15, 0.2) is 9.84 Å². The van der Waals surface area contributed by atoms with Crippen LogP contribution in [0.25, 0.3) is 0 Å². The quantitative estimate of drug-likeness (QED) is 0.847. The third-order valence-electron chi connectivity index (χ3n) is 4.92. The highest BCUT2D eigenvalue weighted by Gasteiger charge is 2.36. The van der Waals surface area contributed by atoms with Gasteiger partial charge in [0.1, 0.15) is 5.82 Å². The van der Waals surface area contributed by atoms with Crippen molar-refractivity contribution in [2.45, 2.75) is 25.7 Å². The molecule has 4 nitrogen and oxygen atoms in total. The zero-order chi connectivity index (χ0) is 16.4. The van der Waals surface area contributed by atoms with Crippen molar-refractivity contribution >= 4 is 15.7 Å². The molecule has 2 aliphatic heterocycles. The van der Waals surface area contributed by atoms with Crippen LogP contribution in [-0.4, -0.2) is 43.8 Å². The van der Waals surface area contributed by atoms with Gasteiger partial charge in [0.05, 0.1) is 17.4 Å². The van der Waals surface area contributed by atoms with Crippen LogP contribution < -0.4 is 0 Å². The minimum Gasteiger partial charge on any atom is -0.342 e. The second-order valence-electron chi connectivity index (χ2n) is 6.70. The molecule has 0 spiro atoms. The summed E-state index contributed by atoms with van der Waals surface area (Å²) in [5.41, 5.74) is 0.997. The van der Waals surface area contributed by atoms with Crippen LogP contribution in [-0.2, 0) is 21.1 Å². The average molecular weight is 339 g/mol. The van der Waals surface area contributed by atoms with Crippen molar-refractivity contribution in [1.82, 2.24) is 4.90 Å². The molecule has 0 radical (unpaired) electrons. The molecule has 1 aromatic carbocycles. The van der Waals surface area contributed by atoms with Crippen LogP contribution in [0.1, 0.15) is 24.8 Å². The van der Waals surface area contributed by atoms with E-state index in [9.17, 15) is 17.6 Å². The molecule has 6 heteroatoms. The Balaban J connectivity index is 1.51. The molecular formula is C17H22FNO3S. The SMILES string of the molecule is O=C(C1CCS(=O)(=O)C1)N1CCC(Cc2cccc(F)c2)CC1. The average Bonchev–Trinajstić information content (AvgIpc) is 2.87. The molecule has 2 aliphatic rings.